The lowest BCUT2D eigenvalue weighted by Crippen LogP contribution is -2.24. The zero-order valence-electron chi connectivity index (χ0n) is 10.9. The van der Waals surface area contributed by atoms with Gasteiger partial charge >= 0.3 is 5.97 Å². The second-order valence-electron chi connectivity index (χ2n) is 4.82. The smallest absolute Gasteiger partial charge is 0.310 e. The van der Waals surface area contributed by atoms with Gasteiger partial charge in [-0.15, -0.1) is 0 Å². The van der Waals surface area contributed by atoms with E-state index in [1.807, 2.05) is 19.1 Å². The van der Waals surface area contributed by atoms with Crippen molar-refractivity contribution < 1.29 is 9.53 Å². The zero-order valence-corrected chi connectivity index (χ0v) is 12.5. The third-order valence-corrected chi connectivity index (χ3v) is 3.95. The van der Waals surface area contributed by atoms with Gasteiger partial charge in [0.2, 0.25) is 0 Å². The maximum absolute atomic E-state index is 11.7. The number of halogens is 1. The molecular weight excluding hydrogens is 308 g/mol. The number of rotatable bonds is 2. The molecule has 1 aromatic rings. The molecule has 0 aliphatic carbocycles. The van der Waals surface area contributed by atoms with Crippen LogP contribution in [0.3, 0.4) is 0 Å². The minimum Gasteiger partial charge on any atom is -0.469 e. The summed E-state index contributed by atoms with van der Waals surface area (Å²) < 4.78 is 5.70. The van der Waals surface area contributed by atoms with E-state index < -0.39 is 0 Å². The van der Waals surface area contributed by atoms with Gasteiger partial charge in [-0.3, -0.25) is 4.79 Å². The van der Waals surface area contributed by atoms with E-state index in [1.54, 1.807) is 6.07 Å². The molecule has 1 aromatic carbocycles. The van der Waals surface area contributed by atoms with Crippen LogP contribution in [0.15, 0.2) is 22.7 Å². The largest absolute Gasteiger partial charge is 0.469 e. The first kappa shape index (κ1) is 13.9. The first-order valence-corrected chi connectivity index (χ1v) is 6.88. The number of esters is 1. The van der Waals surface area contributed by atoms with E-state index in [0.717, 1.165) is 16.7 Å². The van der Waals surface area contributed by atoms with Crippen LogP contribution in [0, 0.1) is 23.2 Å². The Kier molecular flexibility index (Phi) is 4.11. The van der Waals surface area contributed by atoms with Crippen LogP contribution >= 0.6 is 15.9 Å². The van der Waals surface area contributed by atoms with Gasteiger partial charge in [0.25, 0.3) is 0 Å². The Morgan fingerprint density at radius 3 is 2.84 bits per heavy atom. The maximum atomic E-state index is 11.7. The number of methoxy groups -OCH3 is 1. The summed E-state index contributed by atoms with van der Waals surface area (Å²) in [5.74, 6) is -0.0167. The minimum atomic E-state index is -0.162. The molecule has 5 heteroatoms. The Morgan fingerprint density at radius 1 is 1.47 bits per heavy atom. The fraction of sp³-hybridized carbons (Fsp3) is 0.429. The lowest BCUT2D eigenvalue weighted by molar-refractivity contribution is -0.145. The molecule has 1 aliphatic rings. The number of anilines is 1. The van der Waals surface area contributed by atoms with Gasteiger partial charge in [-0.2, -0.15) is 5.26 Å². The second-order valence-corrected chi connectivity index (χ2v) is 5.74. The topological polar surface area (TPSA) is 53.3 Å². The van der Waals surface area contributed by atoms with Crippen molar-refractivity contribution in [1.82, 2.24) is 0 Å². The number of hydrogen-bond acceptors (Lipinski definition) is 4. The summed E-state index contributed by atoms with van der Waals surface area (Å²) >= 11 is 3.40. The van der Waals surface area contributed by atoms with Crippen LogP contribution in [0.5, 0.6) is 0 Å². The normalized spacial score (nSPS) is 22.1. The minimum absolute atomic E-state index is 0.102. The number of nitriles is 1. The third kappa shape index (κ3) is 2.90. The van der Waals surface area contributed by atoms with Crippen molar-refractivity contribution in [2.75, 3.05) is 25.1 Å². The van der Waals surface area contributed by atoms with E-state index >= 15 is 0 Å². The predicted molar refractivity (Wildman–Crippen MR) is 75.7 cm³/mol. The molecule has 2 unspecified atom stereocenters. The highest BCUT2D eigenvalue weighted by atomic mass is 79.9. The van der Waals surface area contributed by atoms with E-state index in [-0.39, 0.29) is 17.8 Å². The molecule has 0 N–H and O–H groups in total. The molecular formula is C14H15BrN2O2. The molecule has 0 amide bonds. The fourth-order valence-electron chi connectivity index (χ4n) is 2.46. The van der Waals surface area contributed by atoms with Gasteiger partial charge in [-0.25, -0.2) is 0 Å². The zero-order chi connectivity index (χ0) is 14.0. The molecule has 2 rings (SSSR count). The maximum Gasteiger partial charge on any atom is 0.310 e. The molecule has 1 fully saturated rings. The molecule has 1 aliphatic heterocycles. The summed E-state index contributed by atoms with van der Waals surface area (Å²) in [4.78, 5) is 13.8. The molecule has 0 spiro atoms. The fourth-order valence-corrected chi connectivity index (χ4v) is 2.94. The van der Waals surface area contributed by atoms with Crippen LogP contribution < -0.4 is 4.90 Å². The summed E-state index contributed by atoms with van der Waals surface area (Å²) in [6, 6.07) is 7.73. The van der Waals surface area contributed by atoms with E-state index in [0.29, 0.717) is 12.1 Å². The molecule has 4 nitrogen and oxygen atoms in total. The van der Waals surface area contributed by atoms with Crippen molar-refractivity contribution in [1.29, 1.82) is 5.26 Å². The third-order valence-electron chi connectivity index (χ3n) is 3.49. The predicted octanol–water partition coefficient (Wildman–Crippen LogP) is 2.57. The van der Waals surface area contributed by atoms with Crippen molar-refractivity contribution >= 4 is 27.6 Å². The Hall–Kier alpha value is -1.54. The van der Waals surface area contributed by atoms with Gasteiger partial charge in [0, 0.05) is 23.2 Å². The van der Waals surface area contributed by atoms with E-state index in [2.05, 4.69) is 26.9 Å². The van der Waals surface area contributed by atoms with E-state index in [9.17, 15) is 4.79 Å². The highest BCUT2D eigenvalue weighted by Crippen LogP contribution is 2.31. The van der Waals surface area contributed by atoms with Crippen molar-refractivity contribution in [2.24, 2.45) is 11.8 Å². The summed E-state index contributed by atoms with van der Waals surface area (Å²) in [6.07, 6.45) is 0. The Morgan fingerprint density at radius 2 is 2.21 bits per heavy atom. The summed E-state index contributed by atoms with van der Waals surface area (Å²) in [7, 11) is 1.42. The highest BCUT2D eigenvalue weighted by Gasteiger charge is 2.35. The van der Waals surface area contributed by atoms with Crippen molar-refractivity contribution in [2.45, 2.75) is 6.92 Å². The number of nitrogens with zero attached hydrogens (tertiary/aromatic N) is 2. The van der Waals surface area contributed by atoms with Crippen LogP contribution in [0.1, 0.15) is 12.5 Å². The summed E-state index contributed by atoms with van der Waals surface area (Å²) in [5, 5.41) is 9.00. The first-order valence-electron chi connectivity index (χ1n) is 6.08. The van der Waals surface area contributed by atoms with Crippen LogP contribution in [0.25, 0.3) is 0 Å². The Bertz CT molecular complexity index is 539. The van der Waals surface area contributed by atoms with Crippen LogP contribution in [0.4, 0.5) is 5.69 Å². The monoisotopic (exact) mass is 322 g/mol. The quantitative estimate of drug-likeness (QED) is 0.785. The number of carbonyl (C=O) groups excluding carboxylic acids is 1. The lowest BCUT2D eigenvalue weighted by atomic mass is 9.99. The van der Waals surface area contributed by atoms with Gasteiger partial charge in [-0.1, -0.05) is 22.9 Å². The Balaban J connectivity index is 2.23. The molecule has 1 saturated heterocycles. The number of carbonyl (C=O) groups is 1. The van der Waals surface area contributed by atoms with Crippen molar-refractivity contribution in [3.05, 3.63) is 28.2 Å². The van der Waals surface area contributed by atoms with E-state index in [1.165, 1.54) is 7.11 Å². The highest BCUT2D eigenvalue weighted by molar-refractivity contribution is 9.10. The number of benzene rings is 1. The second kappa shape index (κ2) is 5.62. The SMILES string of the molecule is COC(=O)C1CN(c2cc(Br)cc(C#N)c2)CC1C. The molecule has 0 radical (unpaired) electrons. The van der Waals surface area contributed by atoms with Gasteiger partial charge in [-0.05, 0) is 24.1 Å². The molecule has 19 heavy (non-hydrogen) atoms. The van der Waals surface area contributed by atoms with Gasteiger partial charge in [0.1, 0.15) is 0 Å². The Labute approximate surface area is 121 Å². The first-order chi connectivity index (χ1) is 9.05. The van der Waals surface area contributed by atoms with Crippen molar-refractivity contribution in [3.63, 3.8) is 0 Å². The summed E-state index contributed by atoms with van der Waals surface area (Å²) in [6.45, 7) is 3.47. The molecule has 2 atom stereocenters. The molecule has 0 bridgehead atoms. The standard InChI is InChI=1S/C14H15BrN2O2/c1-9-7-17(8-13(9)14(18)19-2)12-4-10(6-16)3-11(15)5-12/h3-5,9,13H,7-8H2,1-2H3. The number of hydrogen-bond donors (Lipinski definition) is 0. The molecule has 1 heterocycles. The number of ether oxygens (including phenoxy) is 1. The average Bonchev–Trinajstić information content (AvgIpc) is 2.79. The van der Waals surface area contributed by atoms with Crippen LogP contribution in [-0.2, 0) is 9.53 Å². The van der Waals surface area contributed by atoms with Gasteiger partial charge in [0.15, 0.2) is 0 Å². The van der Waals surface area contributed by atoms with E-state index in [4.69, 9.17) is 10.00 Å². The van der Waals surface area contributed by atoms with Crippen molar-refractivity contribution in [3.8, 4) is 6.07 Å². The van der Waals surface area contributed by atoms with Gasteiger partial charge < -0.3 is 9.64 Å². The lowest BCUT2D eigenvalue weighted by Gasteiger charge is -2.19. The summed E-state index contributed by atoms with van der Waals surface area (Å²) in [5.41, 5.74) is 1.57. The molecule has 100 valence electrons. The van der Waals surface area contributed by atoms with Crippen LogP contribution in [0.2, 0.25) is 0 Å². The molecule has 0 saturated carbocycles. The van der Waals surface area contributed by atoms with Crippen LogP contribution in [-0.4, -0.2) is 26.2 Å². The van der Waals surface area contributed by atoms with Gasteiger partial charge in [0.05, 0.1) is 24.7 Å². The average molecular weight is 323 g/mol. The molecule has 0 aromatic heterocycles.